The van der Waals surface area contributed by atoms with Crippen LogP contribution >= 0.6 is 0 Å². The highest BCUT2D eigenvalue weighted by atomic mass is 15.4. The first-order chi connectivity index (χ1) is 8.48. The standard InChI is InChI=1S/C13H25N5/c1-13(2,3)11-12(14)15-16-18(11)10-6-9-17-7-4-5-8-17/h4-10,14H2,1-3H3. The lowest BCUT2D eigenvalue weighted by molar-refractivity contribution is 0.318. The number of nitrogens with two attached hydrogens (primary N) is 1. The summed E-state index contributed by atoms with van der Waals surface area (Å²) in [7, 11) is 0. The number of anilines is 1. The molecule has 5 heteroatoms. The molecular weight excluding hydrogens is 226 g/mol. The van der Waals surface area contributed by atoms with E-state index in [9.17, 15) is 0 Å². The van der Waals surface area contributed by atoms with Gasteiger partial charge < -0.3 is 10.6 Å². The molecule has 2 N–H and O–H groups in total. The third kappa shape index (κ3) is 3.02. The number of hydrogen-bond donors (Lipinski definition) is 1. The Hall–Kier alpha value is -1.10. The fourth-order valence-electron chi connectivity index (χ4n) is 2.70. The number of aryl methyl sites for hydroxylation is 1. The fraction of sp³-hybridized carbons (Fsp3) is 0.846. The van der Waals surface area contributed by atoms with Crippen LogP contribution in [0.5, 0.6) is 0 Å². The molecule has 1 aromatic heterocycles. The topological polar surface area (TPSA) is 60.0 Å². The maximum atomic E-state index is 5.92. The van der Waals surface area contributed by atoms with Crippen molar-refractivity contribution in [3.05, 3.63) is 5.69 Å². The van der Waals surface area contributed by atoms with Crippen LogP contribution in [0.25, 0.3) is 0 Å². The van der Waals surface area contributed by atoms with E-state index in [1.54, 1.807) is 0 Å². The van der Waals surface area contributed by atoms with E-state index in [-0.39, 0.29) is 5.41 Å². The molecule has 1 aliphatic rings. The van der Waals surface area contributed by atoms with Crippen molar-refractivity contribution < 1.29 is 0 Å². The van der Waals surface area contributed by atoms with Crippen LogP contribution in [0.2, 0.25) is 0 Å². The highest BCUT2D eigenvalue weighted by Crippen LogP contribution is 2.26. The van der Waals surface area contributed by atoms with E-state index in [0.717, 1.165) is 25.2 Å². The average Bonchev–Trinajstić information content (AvgIpc) is 2.87. The van der Waals surface area contributed by atoms with Gasteiger partial charge >= 0.3 is 0 Å². The summed E-state index contributed by atoms with van der Waals surface area (Å²) in [5, 5.41) is 8.18. The second-order valence-electron chi connectivity index (χ2n) is 6.20. The molecule has 0 aliphatic carbocycles. The van der Waals surface area contributed by atoms with Crippen molar-refractivity contribution in [1.29, 1.82) is 0 Å². The molecule has 0 spiro atoms. The maximum Gasteiger partial charge on any atom is 0.169 e. The van der Waals surface area contributed by atoms with Gasteiger partial charge in [0.1, 0.15) is 0 Å². The minimum atomic E-state index is 0.00122. The largest absolute Gasteiger partial charge is 0.381 e. The summed E-state index contributed by atoms with van der Waals surface area (Å²) in [4.78, 5) is 2.52. The molecule has 0 amide bonds. The summed E-state index contributed by atoms with van der Waals surface area (Å²) >= 11 is 0. The van der Waals surface area contributed by atoms with E-state index >= 15 is 0 Å². The molecule has 1 aliphatic heterocycles. The third-order valence-electron chi connectivity index (χ3n) is 3.51. The molecule has 2 heterocycles. The van der Waals surface area contributed by atoms with Crippen molar-refractivity contribution in [2.45, 2.75) is 52.0 Å². The Morgan fingerprint density at radius 3 is 2.44 bits per heavy atom. The van der Waals surface area contributed by atoms with Gasteiger partial charge in [-0.3, -0.25) is 0 Å². The van der Waals surface area contributed by atoms with Crippen molar-refractivity contribution in [3.8, 4) is 0 Å². The van der Waals surface area contributed by atoms with Gasteiger partial charge in [0.25, 0.3) is 0 Å². The lowest BCUT2D eigenvalue weighted by atomic mass is 9.92. The van der Waals surface area contributed by atoms with Crippen molar-refractivity contribution in [1.82, 2.24) is 19.9 Å². The quantitative estimate of drug-likeness (QED) is 0.884. The minimum Gasteiger partial charge on any atom is -0.381 e. The summed E-state index contributed by atoms with van der Waals surface area (Å²) in [5.41, 5.74) is 6.98. The van der Waals surface area contributed by atoms with E-state index in [1.165, 1.54) is 25.9 Å². The summed E-state index contributed by atoms with van der Waals surface area (Å²) in [6.45, 7) is 11.0. The van der Waals surface area contributed by atoms with Gasteiger partial charge in [-0.1, -0.05) is 26.0 Å². The number of rotatable bonds is 4. The Kier molecular flexibility index (Phi) is 3.90. The lowest BCUT2D eigenvalue weighted by Gasteiger charge is -2.21. The Balaban J connectivity index is 1.93. The smallest absolute Gasteiger partial charge is 0.169 e. The predicted molar refractivity (Wildman–Crippen MR) is 73.4 cm³/mol. The van der Waals surface area contributed by atoms with Crippen LogP contribution < -0.4 is 5.73 Å². The second-order valence-corrected chi connectivity index (χ2v) is 6.20. The number of nitrogen functional groups attached to an aromatic ring is 1. The lowest BCUT2D eigenvalue weighted by Crippen LogP contribution is -2.24. The zero-order chi connectivity index (χ0) is 13.2. The Morgan fingerprint density at radius 2 is 1.83 bits per heavy atom. The van der Waals surface area contributed by atoms with Crippen LogP contribution in [0.4, 0.5) is 5.82 Å². The molecule has 1 saturated heterocycles. The number of hydrogen-bond acceptors (Lipinski definition) is 4. The molecule has 0 bridgehead atoms. The summed E-state index contributed by atoms with van der Waals surface area (Å²) in [6.07, 6.45) is 3.82. The van der Waals surface area contributed by atoms with Gasteiger partial charge in [-0.15, -0.1) is 5.10 Å². The first-order valence-electron chi connectivity index (χ1n) is 6.90. The van der Waals surface area contributed by atoms with Crippen LogP contribution in [-0.2, 0) is 12.0 Å². The Bertz CT molecular complexity index is 385. The molecule has 0 aromatic carbocycles. The van der Waals surface area contributed by atoms with Crippen molar-refractivity contribution >= 4 is 5.82 Å². The molecule has 1 fully saturated rings. The predicted octanol–water partition coefficient (Wildman–Crippen LogP) is 1.64. The van der Waals surface area contributed by atoms with Gasteiger partial charge in [0.05, 0.1) is 5.69 Å². The van der Waals surface area contributed by atoms with Gasteiger partial charge in [-0.05, 0) is 38.9 Å². The SMILES string of the molecule is CC(C)(C)c1c(N)nnn1CCCN1CCCC1. The van der Waals surface area contributed by atoms with Gasteiger partial charge in [0.2, 0.25) is 0 Å². The van der Waals surface area contributed by atoms with Gasteiger partial charge in [0.15, 0.2) is 5.82 Å². The molecule has 0 radical (unpaired) electrons. The average molecular weight is 251 g/mol. The molecule has 1 aromatic rings. The number of nitrogens with zero attached hydrogens (tertiary/aromatic N) is 4. The molecular formula is C13H25N5. The third-order valence-corrected chi connectivity index (χ3v) is 3.51. The molecule has 102 valence electrons. The number of likely N-dealkylation sites (tertiary alicyclic amines) is 1. The highest BCUT2D eigenvalue weighted by molar-refractivity contribution is 5.37. The van der Waals surface area contributed by atoms with E-state index < -0.39 is 0 Å². The normalized spacial score (nSPS) is 17.5. The van der Waals surface area contributed by atoms with Gasteiger partial charge in [-0.2, -0.15) is 0 Å². The minimum absolute atomic E-state index is 0.00122. The van der Waals surface area contributed by atoms with Crippen LogP contribution in [0, 0.1) is 0 Å². The zero-order valence-corrected chi connectivity index (χ0v) is 11.8. The monoisotopic (exact) mass is 251 g/mol. The summed E-state index contributed by atoms with van der Waals surface area (Å²) in [5.74, 6) is 0.573. The van der Waals surface area contributed by atoms with E-state index in [0.29, 0.717) is 5.82 Å². The molecule has 18 heavy (non-hydrogen) atoms. The van der Waals surface area contributed by atoms with Crippen LogP contribution in [-0.4, -0.2) is 39.5 Å². The van der Waals surface area contributed by atoms with Crippen LogP contribution in [0.15, 0.2) is 0 Å². The zero-order valence-electron chi connectivity index (χ0n) is 11.8. The first-order valence-corrected chi connectivity index (χ1v) is 6.90. The van der Waals surface area contributed by atoms with Gasteiger partial charge in [-0.25, -0.2) is 4.68 Å². The highest BCUT2D eigenvalue weighted by Gasteiger charge is 2.23. The van der Waals surface area contributed by atoms with E-state index in [4.69, 9.17) is 5.73 Å². The molecule has 5 nitrogen and oxygen atoms in total. The van der Waals surface area contributed by atoms with Gasteiger partial charge in [0, 0.05) is 12.0 Å². The molecule has 0 unspecified atom stereocenters. The fourth-order valence-corrected chi connectivity index (χ4v) is 2.70. The van der Waals surface area contributed by atoms with Crippen LogP contribution in [0.1, 0.15) is 45.7 Å². The Labute approximate surface area is 109 Å². The van der Waals surface area contributed by atoms with E-state index in [2.05, 4.69) is 36.0 Å². The maximum absolute atomic E-state index is 5.92. The number of aromatic nitrogens is 3. The molecule has 0 saturated carbocycles. The summed E-state index contributed by atoms with van der Waals surface area (Å²) in [6, 6.07) is 0. The van der Waals surface area contributed by atoms with E-state index in [1.807, 2.05) is 4.68 Å². The Morgan fingerprint density at radius 1 is 1.17 bits per heavy atom. The first kappa shape index (κ1) is 13.3. The summed E-state index contributed by atoms with van der Waals surface area (Å²) < 4.78 is 1.98. The molecule has 2 rings (SSSR count). The molecule has 0 atom stereocenters. The van der Waals surface area contributed by atoms with Crippen molar-refractivity contribution in [2.24, 2.45) is 0 Å². The van der Waals surface area contributed by atoms with Crippen molar-refractivity contribution in [2.75, 3.05) is 25.4 Å². The van der Waals surface area contributed by atoms with Crippen LogP contribution in [0.3, 0.4) is 0 Å². The van der Waals surface area contributed by atoms with Crippen molar-refractivity contribution in [3.63, 3.8) is 0 Å². The second kappa shape index (κ2) is 5.26.